The third kappa shape index (κ3) is 3.57. The fourth-order valence-corrected chi connectivity index (χ4v) is 2.37. The highest BCUT2D eigenvalue weighted by Gasteiger charge is 2.28. The maximum Gasteiger partial charge on any atom is 0.528 e. The molecule has 1 N–H and O–H groups in total. The lowest BCUT2D eigenvalue weighted by molar-refractivity contribution is 0.187. The Hall–Kier alpha value is -2.96. The molecule has 0 bridgehead atoms. The van der Waals surface area contributed by atoms with Crippen molar-refractivity contribution < 1.29 is 9.53 Å². The van der Waals surface area contributed by atoms with Gasteiger partial charge in [-0.15, -0.1) is 20.4 Å². The van der Waals surface area contributed by atoms with E-state index >= 15 is 0 Å². The highest BCUT2D eigenvalue weighted by molar-refractivity contribution is 7.16. The van der Waals surface area contributed by atoms with Crippen LogP contribution >= 0.6 is 22.7 Å². The van der Waals surface area contributed by atoms with E-state index in [1.54, 1.807) is 0 Å². The number of amides is 1. The zero-order chi connectivity index (χ0) is 15.9. The third-order valence-electron chi connectivity index (χ3n) is 2.07. The molecule has 0 aromatic carbocycles. The Morgan fingerprint density at radius 3 is 2.82 bits per heavy atom. The number of hydrogen-bond donors (Lipinski definition) is 1. The predicted octanol–water partition coefficient (Wildman–Crippen LogP) is 3.43. The molecule has 0 aliphatic rings. The lowest BCUT2D eigenvalue weighted by atomic mass is 10.5. The van der Waals surface area contributed by atoms with Crippen LogP contribution in [-0.4, -0.2) is 28.4 Å². The maximum absolute atomic E-state index is 11.3. The lowest BCUT2D eigenvalue weighted by Crippen LogP contribution is -2.11. The lowest BCUT2D eigenvalue weighted by Gasteiger charge is -1.99. The third-order valence-corrected chi connectivity index (χ3v) is 3.63. The van der Waals surface area contributed by atoms with Gasteiger partial charge in [0.2, 0.25) is 0 Å². The Labute approximate surface area is 132 Å². The predicted molar refractivity (Wildman–Crippen MR) is 78.2 cm³/mol. The Morgan fingerprint density at radius 1 is 1.45 bits per heavy atom. The molecule has 0 aliphatic carbocycles. The minimum Gasteiger partial charge on any atom is -0.453 e. The van der Waals surface area contributed by atoms with Crippen LogP contribution in [0.2, 0.25) is 0 Å². The number of ether oxygens (including phenoxy) is 1. The number of azo groups is 1. The molecule has 0 atom stereocenters. The van der Waals surface area contributed by atoms with Crippen molar-refractivity contribution in [2.75, 3.05) is 12.4 Å². The van der Waals surface area contributed by atoms with Crippen molar-refractivity contribution in [3.63, 3.8) is 0 Å². The molecule has 2 aromatic rings. The monoisotopic (exact) mass is 334 g/mol. The number of thiazole rings is 1. The summed E-state index contributed by atoms with van der Waals surface area (Å²) >= 11 is 2.16. The van der Waals surface area contributed by atoms with Gasteiger partial charge in [0.05, 0.1) is 7.11 Å². The molecule has 12 heteroatoms. The maximum atomic E-state index is 11.3. The average molecular weight is 334 g/mol. The van der Waals surface area contributed by atoms with Gasteiger partial charge < -0.3 is 4.74 Å². The van der Waals surface area contributed by atoms with E-state index < -0.39 is 12.3 Å². The molecular weight excluding hydrogens is 328 g/mol. The van der Waals surface area contributed by atoms with E-state index in [1.807, 2.05) is 0 Å². The molecule has 1 amide bonds. The summed E-state index contributed by atoms with van der Waals surface area (Å²) in [7, 11) is 1.20. The van der Waals surface area contributed by atoms with Gasteiger partial charge in [0.15, 0.2) is 10.8 Å². The number of hydrogen-bond acceptors (Lipinski definition) is 9. The summed E-state index contributed by atoms with van der Waals surface area (Å²) in [4.78, 5) is 21.6. The van der Waals surface area contributed by atoms with Gasteiger partial charge in [-0.2, -0.15) is 0 Å². The van der Waals surface area contributed by atoms with Crippen molar-refractivity contribution in [2.24, 2.45) is 10.2 Å². The van der Waals surface area contributed by atoms with Crippen molar-refractivity contribution in [1.82, 2.24) is 15.2 Å². The molecule has 0 saturated heterocycles. The Kier molecular flexibility index (Phi) is 5.02. The molecule has 0 spiro atoms. The van der Waals surface area contributed by atoms with Gasteiger partial charge in [-0.3, -0.25) is 5.32 Å². The number of methoxy groups -OCH3 is 1. The first-order chi connectivity index (χ1) is 10.7. The molecule has 2 rings (SSSR count). The molecule has 0 radical (unpaired) electrons. The molecular formula is C10H6N8O2S2. The van der Waals surface area contributed by atoms with E-state index in [-0.39, 0.29) is 15.8 Å². The second-order valence-electron chi connectivity index (χ2n) is 3.38. The first kappa shape index (κ1) is 15.4. The van der Waals surface area contributed by atoms with Crippen LogP contribution < -0.4 is 5.32 Å². The van der Waals surface area contributed by atoms with Gasteiger partial charge in [0.1, 0.15) is 5.51 Å². The summed E-state index contributed by atoms with van der Waals surface area (Å²) in [6, 6.07) is 0. The fourth-order valence-electron chi connectivity index (χ4n) is 1.17. The largest absolute Gasteiger partial charge is 0.528 e. The van der Waals surface area contributed by atoms with Crippen molar-refractivity contribution in [1.29, 1.82) is 0 Å². The quantitative estimate of drug-likeness (QED) is 0.680. The van der Waals surface area contributed by atoms with Gasteiger partial charge in [0, 0.05) is 0 Å². The van der Waals surface area contributed by atoms with Gasteiger partial charge in [-0.1, -0.05) is 22.7 Å². The van der Waals surface area contributed by atoms with Crippen LogP contribution in [0.4, 0.5) is 20.7 Å². The molecule has 2 aromatic heterocycles. The second kappa shape index (κ2) is 7.16. The van der Waals surface area contributed by atoms with E-state index in [9.17, 15) is 4.79 Å². The van der Waals surface area contributed by atoms with Gasteiger partial charge in [-0.25, -0.2) is 32.6 Å². The van der Waals surface area contributed by atoms with E-state index in [2.05, 4.69) is 45.2 Å². The van der Waals surface area contributed by atoms with Crippen molar-refractivity contribution in [3.8, 4) is 0 Å². The van der Waals surface area contributed by atoms with Crippen LogP contribution in [0.3, 0.4) is 0 Å². The second-order valence-corrected chi connectivity index (χ2v) is 5.20. The minimum atomic E-state index is -1.09. The fraction of sp³-hybridized carbons (Fsp3) is 0.200. The highest BCUT2D eigenvalue weighted by atomic mass is 32.1. The molecule has 0 saturated carbocycles. The van der Waals surface area contributed by atoms with E-state index in [1.165, 1.54) is 24.0 Å². The number of nitrogens with zero attached hydrogens (tertiary/aromatic N) is 7. The number of aromatic nitrogens is 3. The first-order valence-electron chi connectivity index (χ1n) is 5.44. The topological polar surface area (TPSA) is 110 Å². The first-order valence-corrected chi connectivity index (χ1v) is 7.14. The van der Waals surface area contributed by atoms with E-state index in [0.29, 0.717) is 5.13 Å². The molecule has 0 unspecified atom stereocenters. The van der Waals surface area contributed by atoms with Crippen molar-refractivity contribution in [3.05, 3.63) is 33.4 Å². The van der Waals surface area contributed by atoms with E-state index in [0.717, 1.165) is 11.3 Å². The summed E-state index contributed by atoms with van der Waals surface area (Å²) in [6.45, 7) is 13.9. The Bertz CT molecular complexity index is 756. The molecule has 110 valence electrons. The summed E-state index contributed by atoms with van der Waals surface area (Å²) in [5.41, 5.74) is 1.49. The number of carbonyl (C=O) groups excluding carboxylic acids is 1. The van der Waals surface area contributed by atoms with Crippen LogP contribution in [0.5, 0.6) is 0 Å². The summed E-state index contributed by atoms with van der Waals surface area (Å²) in [5, 5.41) is 18.2. The number of carbonyl (C=O) groups is 1. The zero-order valence-electron chi connectivity index (χ0n) is 10.9. The van der Waals surface area contributed by atoms with Gasteiger partial charge >= 0.3 is 12.3 Å². The Balaban J connectivity index is 2.35. The zero-order valence-corrected chi connectivity index (χ0v) is 12.6. The van der Waals surface area contributed by atoms with Crippen LogP contribution in [0.25, 0.3) is 9.69 Å². The van der Waals surface area contributed by atoms with Gasteiger partial charge in [0.25, 0.3) is 10.1 Å². The van der Waals surface area contributed by atoms with Crippen LogP contribution in [0.15, 0.2) is 15.7 Å². The standard InChI is InChI=1S/C10H6N8O2S2/c1-11-5(12-2)7-14-6(15-10(19)20-3)8(22-7)16-18-9-17-13-4-21-9/h4-5H,3H3,(H,15,19). The molecule has 2 heterocycles. The van der Waals surface area contributed by atoms with Crippen LogP contribution in [-0.2, 0) is 4.74 Å². The average Bonchev–Trinajstić information content (AvgIpc) is 3.16. The molecule has 0 aliphatic heterocycles. The minimum absolute atomic E-state index is 0.0671. The number of anilines is 1. The van der Waals surface area contributed by atoms with E-state index in [4.69, 9.17) is 13.1 Å². The Morgan fingerprint density at radius 2 is 2.23 bits per heavy atom. The summed E-state index contributed by atoms with van der Waals surface area (Å²) in [6.07, 6.45) is -1.83. The van der Waals surface area contributed by atoms with Crippen LogP contribution in [0, 0.1) is 13.1 Å². The van der Waals surface area contributed by atoms with Crippen molar-refractivity contribution in [2.45, 2.75) is 6.17 Å². The SMILES string of the molecule is [C-]#[N+]C([N+]#[C-])c1nc(NC(=O)OC)c(N=Nc2nncs2)s1. The molecule has 22 heavy (non-hydrogen) atoms. The highest BCUT2D eigenvalue weighted by Crippen LogP contribution is 2.37. The normalized spacial score (nSPS) is 10.4. The summed E-state index contributed by atoms with van der Waals surface area (Å²) in [5.74, 6) is 0.0671. The van der Waals surface area contributed by atoms with Crippen LogP contribution in [0.1, 0.15) is 11.2 Å². The summed E-state index contributed by atoms with van der Waals surface area (Å²) < 4.78 is 4.48. The molecule has 0 fully saturated rings. The van der Waals surface area contributed by atoms with Gasteiger partial charge in [-0.05, 0) is 0 Å². The van der Waals surface area contributed by atoms with Crippen molar-refractivity contribution >= 4 is 44.7 Å². The smallest absolute Gasteiger partial charge is 0.453 e. The number of rotatable bonds is 4. The molecule has 10 nitrogen and oxygen atoms in total. The number of nitrogens with one attached hydrogen (secondary N) is 1.